The van der Waals surface area contributed by atoms with Gasteiger partial charge in [-0.15, -0.1) is 0 Å². The molecule has 0 saturated carbocycles. The van der Waals surface area contributed by atoms with Gasteiger partial charge in [-0.2, -0.15) is 0 Å². The summed E-state index contributed by atoms with van der Waals surface area (Å²) in [5.74, 6) is 0. The summed E-state index contributed by atoms with van der Waals surface area (Å²) >= 11 is 0. The molecule has 1 aliphatic heterocycles. The molecule has 2 amide bonds. The number of ether oxygens (including phenoxy) is 1. The average Bonchev–Trinajstić information content (AvgIpc) is 2.64. The topological polar surface area (TPSA) is 87.7 Å². The molecule has 0 spiro atoms. The largest absolute Gasteiger partial charge is 0.381 e. The minimum absolute atomic E-state index is 0.0104. The number of hydrogen-bond donors (Lipinski definition) is 2. The van der Waals surface area contributed by atoms with Crippen LogP contribution in [0.3, 0.4) is 0 Å². The van der Waals surface area contributed by atoms with Crippen molar-refractivity contribution in [2.24, 2.45) is 0 Å². The lowest BCUT2D eigenvalue weighted by Gasteiger charge is -2.34. The minimum Gasteiger partial charge on any atom is -0.381 e. The number of amides is 2. The van der Waals surface area contributed by atoms with Gasteiger partial charge in [0.2, 0.25) is 10.0 Å². The van der Waals surface area contributed by atoms with Crippen molar-refractivity contribution in [1.29, 1.82) is 0 Å². The van der Waals surface area contributed by atoms with Gasteiger partial charge in [-0.1, -0.05) is 18.2 Å². The molecule has 1 heterocycles. The Morgan fingerprint density at radius 2 is 1.63 bits per heavy atom. The van der Waals surface area contributed by atoms with Gasteiger partial charge >= 0.3 is 6.03 Å². The van der Waals surface area contributed by atoms with Gasteiger partial charge in [0.05, 0.1) is 6.26 Å². The van der Waals surface area contributed by atoms with Crippen molar-refractivity contribution < 1.29 is 17.9 Å². The molecule has 0 bridgehead atoms. The van der Waals surface area contributed by atoms with E-state index in [-0.39, 0.29) is 12.1 Å². The van der Waals surface area contributed by atoms with Crippen molar-refractivity contribution in [2.75, 3.05) is 34.4 Å². The van der Waals surface area contributed by atoms with E-state index in [0.717, 1.165) is 24.8 Å². The Bertz CT molecular complexity index is 864. The molecular weight excluding hydrogens is 366 g/mol. The zero-order valence-electron chi connectivity index (χ0n) is 15.1. The van der Waals surface area contributed by atoms with Crippen LogP contribution < -0.4 is 14.9 Å². The third-order valence-electron chi connectivity index (χ3n) is 4.25. The highest BCUT2D eigenvalue weighted by atomic mass is 32.2. The summed E-state index contributed by atoms with van der Waals surface area (Å²) in [5.41, 5.74) is 1.88. The fourth-order valence-corrected chi connectivity index (χ4v) is 3.61. The van der Waals surface area contributed by atoms with E-state index in [1.54, 1.807) is 29.2 Å². The predicted molar refractivity (Wildman–Crippen MR) is 107 cm³/mol. The maximum absolute atomic E-state index is 13.0. The first-order chi connectivity index (χ1) is 12.9. The molecule has 0 radical (unpaired) electrons. The van der Waals surface area contributed by atoms with Crippen molar-refractivity contribution in [2.45, 2.75) is 18.9 Å². The number of para-hydroxylation sites is 1. The third-order valence-corrected chi connectivity index (χ3v) is 4.86. The standard InChI is InChI=1S/C19H23N3O4S/c1-27(24,25)21-16-7-9-17(10-8-16)22(18-11-13-26-14-12-18)19(23)20-15-5-3-2-4-6-15/h2-10,18,21H,11-14H2,1H3,(H,20,23). The molecule has 0 aromatic heterocycles. The Labute approximate surface area is 159 Å². The zero-order valence-corrected chi connectivity index (χ0v) is 15.9. The molecule has 144 valence electrons. The maximum atomic E-state index is 13.0. The van der Waals surface area contributed by atoms with E-state index in [0.29, 0.717) is 24.6 Å². The summed E-state index contributed by atoms with van der Waals surface area (Å²) in [6, 6.07) is 15.9. The SMILES string of the molecule is CS(=O)(=O)Nc1ccc(N(C(=O)Nc2ccccc2)C2CCOCC2)cc1. The lowest BCUT2D eigenvalue weighted by Crippen LogP contribution is -2.45. The van der Waals surface area contributed by atoms with E-state index in [9.17, 15) is 13.2 Å². The number of sulfonamides is 1. The molecular formula is C19H23N3O4S. The van der Waals surface area contributed by atoms with Gasteiger partial charge in [-0.05, 0) is 49.2 Å². The Morgan fingerprint density at radius 3 is 2.22 bits per heavy atom. The first-order valence-corrected chi connectivity index (χ1v) is 10.6. The Kier molecular flexibility index (Phi) is 5.98. The first kappa shape index (κ1) is 19.2. The molecule has 2 aromatic carbocycles. The quantitative estimate of drug-likeness (QED) is 0.821. The van der Waals surface area contributed by atoms with Crippen molar-refractivity contribution in [3.63, 3.8) is 0 Å². The zero-order chi connectivity index (χ0) is 19.3. The molecule has 0 unspecified atom stereocenters. The molecule has 1 saturated heterocycles. The lowest BCUT2D eigenvalue weighted by atomic mass is 10.1. The van der Waals surface area contributed by atoms with E-state index < -0.39 is 10.0 Å². The average molecular weight is 389 g/mol. The number of hydrogen-bond acceptors (Lipinski definition) is 4. The molecule has 1 fully saturated rings. The van der Waals surface area contributed by atoms with Crippen molar-refractivity contribution in [3.05, 3.63) is 54.6 Å². The summed E-state index contributed by atoms with van der Waals surface area (Å²) < 4.78 is 30.6. The molecule has 3 rings (SSSR count). The molecule has 2 aromatic rings. The number of nitrogens with one attached hydrogen (secondary N) is 2. The monoisotopic (exact) mass is 389 g/mol. The number of carbonyl (C=O) groups excluding carboxylic acids is 1. The number of anilines is 3. The van der Waals surface area contributed by atoms with Gasteiger partial charge in [0.15, 0.2) is 0 Å². The second-order valence-electron chi connectivity index (χ2n) is 6.43. The highest BCUT2D eigenvalue weighted by molar-refractivity contribution is 7.92. The number of benzene rings is 2. The van der Waals surface area contributed by atoms with Gasteiger partial charge < -0.3 is 10.1 Å². The van der Waals surface area contributed by atoms with Crippen LogP contribution in [-0.2, 0) is 14.8 Å². The van der Waals surface area contributed by atoms with E-state index in [4.69, 9.17) is 4.74 Å². The summed E-state index contributed by atoms with van der Waals surface area (Å²) in [4.78, 5) is 14.7. The summed E-state index contributed by atoms with van der Waals surface area (Å²) in [6.45, 7) is 1.21. The Balaban J connectivity index is 1.84. The predicted octanol–water partition coefficient (Wildman–Crippen LogP) is 3.28. The fraction of sp³-hybridized carbons (Fsp3) is 0.316. The Hall–Kier alpha value is -2.58. The lowest BCUT2D eigenvalue weighted by molar-refractivity contribution is 0.0859. The van der Waals surface area contributed by atoms with Gasteiger partial charge in [0.25, 0.3) is 0 Å². The molecule has 2 N–H and O–H groups in total. The maximum Gasteiger partial charge on any atom is 0.326 e. The minimum atomic E-state index is -3.35. The first-order valence-electron chi connectivity index (χ1n) is 8.73. The second-order valence-corrected chi connectivity index (χ2v) is 8.18. The van der Waals surface area contributed by atoms with Crippen LogP contribution in [0.4, 0.5) is 21.9 Å². The van der Waals surface area contributed by atoms with Crippen LogP contribution in [0.5, 0.6) is 0 Å². The van der Waals surface area contributed by atoms with Gasteiger partial charge in [-0.3, -0.25) is 9.62 Å². The van der Waals surface area contributed by atoms with Gasteiger partial charge in [0.1, 0.15) is 0 Å². The second kappa shape index (κ2) is 8.41. The van der Waals surface area contributed by atoms with Crippen LogP contribution in [0.25, 0.3) is 0 Å². The molecule has 0 aliphatic carbocycles. The Morgan fingerprint density at radius 1 is 1.00 bits per heavy atom. The summed E-state index contributed by atoms with van der Waals surface area (Å²) in [6.07, 6.45) is 2.58. The molecule has 1 aliphatic rings. The van der Waals surface area contributed by atoms with Crippen LogP contribution in [0, 0.1) is 0 Å². The number of nitrogens with zero attached hydrogens (tertiary/aromatic N) is 1. The van der Waals surface area contributed by atoms with Crippen LogP contribution in [0.2, 0.25) is 0 Å². The van der Waals surface area contributed by atoms with Crippen LogP contribution in [0.1, 0.15) is 12.8 Å². The summed E-state index contributed by atoms with van der Waals surface area (Å²) in [5, 5.41) is 2.93. The van der Waals surface area contributed by atoms with Crippen molar-refractivity contribution in [3.8, 4) is 0 Å². The molecule has 7 nitrogen and oxygen atoms in total. The number of carbonyl (C=O) groups is 1. The van der Waals surface area contributed by atoms with Crippen molar-refractivity contribution in [1.82, 2.24) is 0 Å². The van der Waals surface area contributed by atoms with Gasteiger partial charge in [0, 0.05) is 36.3 Å². The molecule has 27 heavy (non-hydrogen) atoms. The smallest absolute Gasteiger partial charge is 0.326 e. The summed E-state index contributed by atoms with van der Waals surface area (Å²) in [7, 11) is -3.35. The van der Waals surface area contributed by atoms with Crippen molar-refractivity contribution >= 4 is 33.1 Å². The van der Waals surface area contributed by atoms with E-state index in [1.807, 2.05) is 30.3 Å². The van der Waals surface area contributed by atoms with E-state index >= 15 is 0 Å². The molecule has 8 heteroatoms. The fourth-order valence-electron chi connectivity index (χ4n) is 3.05. The van der Waals surface area contributed by atoms with Crippen LogP contribution in [-0.4, -0.2) is 40.0 Å². The van der Waals surface area contributed by atoms with E-state index in [1.165, 1.54) is 0 Å². The van der Waals surface area contributed by atoms with Crippen LogP contribution >= 0.6 is 0 Å². The molecule has 0 atom stereocenters. The number of rotatable bonds is 5. The highest BCUT2D eigenvalue weighted by Gasteiger charge is 2.27. The normalized spacial score (nSPS) is 15.1. The highest BCUT2D eigenvalue weighted by Crippen LogP contribution is 2.26. The van der Waals surface area contributed by atoms with E-state index in [2.05, 4.69) is 10.0 Å². The van der Waals surface area contributed by atoms with Gasteiger partial charge in [-0.25, -0.2) is 13.2 Å². The van der Waals surface area contributed by atoms with Crippen LogP contribution in [0.15, 0.2) is 54.6 Å². The number of urea groups is 1. The third kappa shape index (κ3) is 5.45.